The monoisotopic (exact) mass is 355 g/mol. The Balaban J connectivity index is 0.00000192. The summed E-state index contributed by atoms with van der Waals surface area (Å²) in [4.78, 5) is 4.55. The van der Waals surface area contributed by atoms with E-state index in [-0.39, 0.29) is 18.4 Å². The number of halogens is 1. The number of aromatic nitrogens is 1. The molecule has 126 valence electrons. The summed E-state index contributed by atoms with van der Waals surface area (Å²) < 4.78 is 28.0. The topological polar surface area (TPSA) is 62.3 Å². The van der Waals surface area contributed by atoms with E-state index < -0.39 is 10.0 Å². The Morgan fingerprint density at radius 3 is 2.83 bits per heavy atom. The minimum absolute atomic E-state index is 0. The molecule has 1 N–H and O–H groups in total. The molecule has 7 heteroatoms. The third-order valence-corrected chi connectivity index (χ3v) is 6.32. The fourth-order valence-electron chi connectivity index (χ4n) is 3.06. The van der Waals surface area contributed by atoms with Gasteiger partial charge >= 0.3 is 0 Å². The van der Waals surface area contributed by atoms with Crippen LogP contribution in [0.3, 0.4) is 0 Å². The lowest BCUT2D eigenvalue weighted by molar-refractivity contribution is 0.350. The van der Waals surface area contributed by atoms with Gasteiger partial charge in [0.25, 0.3) is 0 Å². The van der Waals surface area contributed by atoms with Gasteiger partial charge in [-0.3, -0.25) is 4.98 Å². The largest absolute Gasteiger partial charge is 0.315 e. The number of fused-ring (bicyclic) bond motifs is 1. The first-order valence-electron chi connectivity index (χ1n) is 7.57. The summed E-state index contributed by atoms with van der Waals surface area (Å²) in [6, 6.07) is 5.39. The van der Waals surface area contributed by atoms with Gasteiger partial charge in [0.2, 0.25) is 10.0 Å². The van der Waals surface area contributed by atoms with Crippen molar-refractivity contribution in [3.05, 3.63) is 36.2 Å². The van der Waals surface area contributed by atoms with Crippen LogP contribution in [0, 0.1) is 6.92 Å². The van der Waals surface area contributed by atoms with E-state index in [1.807, 2.05) is 19.9 Å². The molecule has 1 aromatic heterocycles. The summed E-state index contributed by atoms with van der Waals surface area (Å²) in [6.07, 6.45) is 4.26. The predicted octanol–water partition coefficient (Wildman–Crippen LogP) is 2.34. The number of benzene rings is 1. The van der Waals surface area contributed by atoms with Gasteiger partial charge in [0.1, 0.15) is 0 Å². The van der Waals surface area contributed by atoms with Crippen LogP contribution in [0.25, 0.3) is 10.8 Å². The molecule has 1 aromatic carbocycles. The lowest BCUT2D eigenvalue weighted by Gasteiger charge is -2.26. The average Bonchev–Trinajstić information content (AvgIpc) is 2.72. The number of pyridine rings is 1. The second-order valence-electron chi connectivity index (χ2n) is 5.81. The van der Waals surface area contributed by atoms with Crippen LogP contribution >= 0.6 is 12.4 Å². The molecule has 0 saturated carbocycles. The van der Waals surface area contributed by atoms with E-state index in [0.717, 1.165) is 29.3 Å². The summed E-state index contributed by atoms with van der Waals surface area (Å²) in [5.41, 5.74) is 0.886. The number of rotatable bonds is 2. The standard InChI is InChI=1S/C16H21N3O2S.ClH/c1-12-10-18-11-14-4-3-5-15(16(12)14)22(20,21)19-9-8-17-7-6-13(19)2;/h3-5,10-11,13,17H,6-9H2,1-2H3;1H/t13-;/m0./s1. The maximum atomic E-state index is 13.2. The van der Waals surface area contributed by atoms with Gasteiger partial charge in [-0.15, -0.1) is 12.4 Å². The fourth-order valence-corrected chi connectivity index (χ4v) is 5.01. The quantitative estimate of drug-likeness (QED) is 0.898. The molecule has 0 unspecified atom stereocenters. The van der Waals surface area contributed by atoms with Crippen LogP contribution in [0.15, 0.2) is 35.5 Å². The Bertz CT molecular complexity index is 790. The Hall–Kier alpha value is -1.21. The number of hydrogen-bond donors (Lipinski definition) is 1. The zero-order chi connectivity index (χ0) is 15.7. The highest BCUT2D eigenvalue weighted by atomic mass is 35.5. The highest BCUT2D eigenvalue weighted by Gasteiger charge is 2.31. The summed E-state index contributed by atoms with van der Waals surface area (Å²) in [5.74, 6) is 0. The molecule has 0 spiro atoms. The van der Waals surface area contributed by atoms with Gasteiger partial charge in [-0.2, -0.15) is 4.31 Å². The number of sulfonamides is 1. The molecule has 23 heavy (non-hydrogen) atoms. The molecule has 1 fully saturated rings. The van der Waals surface area contributed by atoms with Crippen LogP contribution in [-0.4, -0.2) is 43.4 Å². The summed E-state index contributed by atoms with van der Waals surface area (Å²) >= 11 is 0. The lowest BCUT2D eigenvalue weighted by atomic mass is 10.1. The molecule has 1 saturated heterocycles. The van der Waals surface area contributed by atoms with E-state index in [2.05, 4.69) is 10.3 Å². The molecule has 0 amide bonds. The van der Waals surface area contributed by atoms with E-state index in [4.69, 9.17) is 0 Å². The van der Waals surface area contributed by atoms with Crippen LogP contribution in [0.1, 0.15) is 18.9 Å². The number of hydrogen-bond acceptors (Lipinski definition) is 4. The minimum Gasteiger partial charge on any atom is -0.315 e. The number of nitrogens with zero attached hydrogens (tertiary/aromatic N) is 2. The highest BCUT2D eigenvalue weighted by Crippen LogP contribution is 2.29. The molecular weight excluding hydrogens is 334 g/mol. The SMILES string of the molecule is Cc1cncc2cccc(S(=O)(=O)N3CCNCC[C@@H]3C)c12.Cl. The maximum absolute atomic E-state index is 13.2. The predicted molar refractivity (Wildman–Crippen MR) is 94.6 cm³/mol. The fraction of sp³-hybridized carbons (Fsp3) is 0.438. The van der Waals surface area contributed by atoms with Gasteiger partial charge in [-0.1, -0.05) is 12.1 Å². The molecule has 5 nitrogen and oxygen atoms in total. The summed E-state index contributed by atoms with van der Waals surface area (Å²) in [5, 5.41) is 4.91. The van der Waals surface area contributed by atoms with Gasteiger partial charge in [0.15, 0.2) is 0 Å². The third-order valence-electron chi connectivity index (χ3n) is 4.26. The first kappa shape index (κ1) is 18.1. The maximum Gasteiger partial charge on any atom is 0.243 e. The Kier molecular flexibility index (Phi) is 5.62. The van der Waals surface area contributed by atoms with Crippen molar-refractivity contribution in [1.29, 1.82) is 0 Å². The Morgan fingerprint density at radius 1 is 1.26 bits per heavy atom. The number of aryl methyl sites for hydroxylation is 1. The first-order chi connectivity index (χ1) is 10.5. The molecule has 0 aliphatic carbocycles. The van der Waals surface area contributed by atoms with Crippen molar-refractivity contribution in [2.24, 2.45) is 0 Å². The van der Waals surface area contributed by atoms with Gasteiger partial charge in [0.05, 0.1) is 4.90 Å². The van der Waals surface area contributed by atoms with Crippen molar-refractivity contribution in [2.75, 3.05) is 19.6 Å². The minimum atomic E-state index is -3.52. The van der Waals surface area contributed by atoms with Crippen LogP contribution in [0.2, 0.25) is 0 Å². The number of nitrogens with one attached hydrogen (secondary N) is 1. The normalized spacial score (nSPS) is 20.0. The van der Waals surface area contributed by atoms with Crippen LogP contribution < -0.4 is 5.32 Å². The van der Waals surface area contributed by atoms with Crippen molar-refractivity contribution in [3.8, 4) is 0 Å². The van der Waals surface area contributed by atoms with Crippen molar-refractivity contribution in [2.45, 2.75) is 31.2 Å². The smallest absolute Gasteiger partial charge is 0.243 e. The van der Waals surface area contributed by atoms with Crippen molar-refractivity contribution in [1.82, 2.24) is 14.6 Å². The van der Waals surface area contributed by atoms with Crippen molar-refractivity contribution in [3.63, 3.8) is 0 Å². The van der Waals surface area contributed by atoms with Gasteiger partial charge < -0.3 is 5.32 Å². The van der Waals surface area contributed by atoms with Gasteiger partial charge in [0, 0.05) is 42.3 Å². The first-order valence-corrected chi connectivity index (χ1v) is 9.01. The third kappa shape index (κ3) is 3.35. The van der Waals surface area contributed by atoms with E-state index in [1.54, 1.807) is 28.8 Å². The van der Waals surface area contributed by atoms with Crippen molar-refractivity contribution >= 4 is 33.2 Å². The molecule has 2 heterocycles. The summed E-state index contributed by atoms with van der Waals surface area (Å²) in [6.45, 7) is 5.93. The molecule has 1 atom stereocenters. The molecule has 0 radical (unpaired) electrons. The lowest BCUT2D eigenvalue weighted by Crippen LogP contribution is -2.39. The zero-order valence-corrected chi connectivity index (χ0v) is 15.0. The van der Waals surface area contributed by atoms with Crippen LogP contribution in [-0.2, 0) is 10.0 Å². The highest BCUT2D eigenvalue weighted by molar-refractivity contribution is 7.89. The van der Waals surface area contributed by atoms with Gasteiger partial charge in [-0.05, 0) is 38.4 Å². The van der Waals surface area contributed by atoms with E-state index >= 15 is 0 Å². The summed E-state index contributed by atoms with van der Waals surface area (Å²) in [7, 11) is -3.52. The molecule has 1 aliphatic heterocycles. The molecule has 1 aliphatic rings. The van der Waals surface area contributed by atoms with Crippen LogP contribution in [0.4, 0.5) is 0 Å². The van der Waals surface area contributed by atoms with E-state index in [1.165, 1.54) is 0 Å². The second-order valence-corrected chi connectivity index (χ2v) is 7.67. The Morgan fingerprint density at radius 2 is 2.04 bits per heavy atom. The molecule has 2 aromatic rings. The molecular formula is C16H22ClN3O2S. The van der Waals surface area contributed by atoms with E-state index in [0.29, 0.717) is 18.0 Å². The second kappa shape index (κ2) is 7.13. The van der Waals surface area contributed by atoms with Crippen molar-refractivity contribution < 1.29 is 8.42 Å². The zero-order valence-electron chi connectivity index (χ0n) is 13.3. The average molecular weight is 356 g/mol. The van der Waals surface area contributed by atoms with Gasteiger partial charge in [-0.25, -0.2) is 8.42 Å². The molecule has 0 bridgehead atoms. The van der Waals surface area contributed by atoms with E-state index in [9.17, 15) is 8.42 Å². The van der Waals surface area contributed by atoms with Crippen LogP contribution in [0.5, 0.6) is 0 Å². The Labute approximate surface area is 143 Å². The molecule has 3 rings (SSSR count).